The molecule has 1 heterocycles. The summed E-state index contributed by atoms with van der Waals surface area (Å²) in [5.74, 6) is -25.5. The molecule has 1 aromatic heterocycles. The number of benzene rings is 1. The molecule has 0 bridgehead atoms. The van der Waals surface area contributed by atoms with E-state index in [-0.39, 0.29) is 22.2 Å². The van der Waals surface area contributed by atoms with Gasteiger partial charge < -0.3 is 10.1 Å². The highest BCUT2D eigenvalue weighted by molar-refractivity contribution is 7.99. The van der Waals surface area contributed by atoms with Crippen molar-refractivity contribution in [3.63, 3.8) is 0 Å². The van der Waals surface area contributed by atoms with Gasteiger partial charge >= 0.3 is 30.1 Å². The molecule has 0 saturated carbocycles. The number of nitrogens with zero attached hydrogens (tertiary/aromatic N) is 2. The van der Waals surface area contributed by atoms with Gasteiger partial charge in [0, 0.05) is 17.9 Å². The monoisotopic (exact) mass is 595 g/mol. The largest absolute Gasteiger partial charge is 0.470 e. The predicted octanol–water partition coefficient (Wildman–Crippen LogP) is 6.78. The highest BCUT2D eigenvalue weighted by Crippen LogP contribution is 2.53. The number of alkyl halides is 12. The van der Waals surface area contributed by atoms with Crippen LogP contribution in [0, 0.1) is 12.7 Å². The summed E-state index contributed by atoms with van der Waals surface area (Å²) in [6.45, 7) is -0.635. The Labute approximate surface area is 208 Å². The van der Waals surface area contributed by atoms with Crippen LogP contribution in [-0.4, -0.2) is 58.2 Å². The number of aromatic nitrogens is 2. The van der Waals surface area contributed by atoms with E-state index in [9.17, 15) is 61.9 Å². The highest BCUT2D eigenvalue weighted by atomic mass is 32.2. The lowest BCUT2D eigenvalue weighted by molar-refractivity contribution is -0.398. The number of rotatable bonds is 9. The third-order valence-electron chi connectivity index (χ3n) is 4.47. The van der Waals surface area contributed by atoms with Gasteiger partial charge in [-0.2, -0.15) is 52.7 Å². The molecule has 0 unspecified atom stereocenters. The van der Waals surface area contributed by atoms with E-state index in [2.05, 4.69) is 9.84 Å². The minimum absolute atomic E-state index is 0.0256. The third kappa shape index (κ3) is 6.58. The van der Waals surface area contributed by atoms with Crippen LogP contribution in [0.25, 0.3) is 5.69 Å². The van der Waals surface area contributed by atoms with Crippen LogP contribution >= 0.6 is 11.8 Å². The van der Waals surface area contributed by atoms with Crippen molar-refractivity contribution in [2.24, 2.45) is 0 Å². The van der Waals surface area contributed by atoms with Crippen LogP contribution < -0.4 is 10.1 Å². The Morgan fingerprint density at radius 3 is 2.05 bits per heavy atom. The Balaban J connectivity index is 2.45. The van der Waals surface area contributed by atoms with E-state index in [1.807, 2.05) is 5.32 Å². The molecule has 1 N–H and O–H groups in total. The molecule has 0 atom stereocenters. The van der Waals surface area contributed by atoms with Crippen LogP contribution in [0.2, 0.25) is 0 Å². The fraction of sp³-hybridized carbons (Fsp3) is 0.474. The zero-order valence-corrected chi connectivity index (χ0v) is 19.5. The Morgan fingerprint density at radius 2 is 1.55 bits per heavy atom. The number of hydrogen-bond donors (Lipinski definition) is 1. The zero-order chi connectivity index (χ0) is 29.5. The van der Waals surface area contributed by atoms with Gasteiger partial charge in [-0.1, -0.05) is 0 Å². The highest BCUT2D eigenvalue weighted by Gasteiger charge is 2.81. The minimum atomic E-state index is -7.16. The van der Waals surface area contributed by atoms with Gasteiger partial charge in [0.15, 0.2) is 6.61 Å². The quantitative estimate of drug-likeness (QED) is 0.257. The first kappa shape index (κ1) is 31.4. The van der Waals surface area contributed by atoms with Gasteiger partial charge in [0.25, 0.3) is 0 Å². The first-order valence-corrected chi connectivity index (χ1v) is 10.7. The van der Waals surface area contributed by atoms with Gasteiger partial charge in [-0.15, -0.1) is 16.9 Å². The lowest BCUT2D eigenvalue weighted by Crippen LogP contribution is -2.62. The van der Waals surface area contributed by atoms with Crippen molar-refractivity contribution in [2.45, 2.75) is 48.9 Å². The topological polar surface area (TPSA) is 56.1 Å². The lowest BCUT2D eigenvalue weighted by atomic mass is 10.0. The molecule has 0 aliphatic carbocycles. The normalized spacial score (nSPS) is 13.6. The maximum absolute atomic E-state index is 14.6. The van der Waals surface area contributed by atoms with Crippen LogP contribution in [0.4, 0.5) is 62.9 Å². The van der Waals surface area contributed by atoms with Crippen molar-refractivity contribution in [2.75, 3.05) is 17.7 Å². The molecule has 0 aliphatic rings. The van der Waals surface area contributed by atoms with Crippen molar-refractivity contribution >= 4 is 23.5 Å². The molecule has 0 aliphatic heterocycles. The van der Waals surface area contributed by atoms with E-state index in [0.29, 0.717) is 10.7 Å². The summed E-state index contributed by atoms with van der Waals surface area (Å²) in [7, 11) is 0. The van der Waals surface area contributed by atoms with E-state index in [1.54, 1.807) is 0 Å². The molecule has 2 aromatic rings. The second kappa shape index (κ2) is 10.4. The standard InChI is InChI=1S/C19H14F13N3O2S/c1-8-3-10(20)11(4-12(8)38-7-16(23,24)25)35-13(33-9(2)36)5-14(34-35)37-6-15(21,22)17(26,27)18(28,29)19(30,31)32/h3-5H,6-7H2,1-2H3,(H,33,36). The summed E-state index contributed by atoms with van der Waals surface area (Å²) < 4.78 is 174. The summed E-state index contributed by atoms with van der Waals surface area (Å²) in [6, 6.07) is 2.07. The van der Waals surface area contributed by atoms with Crippen molar-refractivity contribution < 1.29 is 66.6 Å². The van der Waals surface area contributed by atoms with Crippen LogP contribution in [-0.2, 0) is 4.79 Å². The van der Waals surface area contributed by atoms with Gasteiger partial charge in [-0.05, 0) is 24.6 Å². The Bertz CT molecular complexity index is 1180. The molecule has 1 amide bonds. The number of anilines is 1. The molecule has 38 heavy (non-hydrogen) atoms. The molecular weight excluding hydrogens is 581 g/mol. The number of hydrogen-bond acceptors (Lipinski definition) is 4. The Kier molecular flexibility index (Phi) is 8.55. The van der Waals surface area contributed by atoms with Crippen molar-refractivity contribution in [1.82, 2.24) is 9.78 Å². The van der Waals surface area contributed by atoms with Gasteiger partial charge in [-0.25, -0.2) is 9.07 Å². The molecule has 5 nitrogen and oxygen atoms in total. The average Bonchev–Trinajstić information content (AvgIpc) is 3.11. The maximum Gasteiger partial charge on any atom is 0.460 e. The Morgan fingerprint density at radius 1 is 0.974 bits per heavy atom. The van der Waals surface area contributed by atoms with Gasteiger partial charge in [-0.3, -0.25) is 4.79 Å². The van der Waals surface area contributed by atoms with Gasteiger partial charge in [0.2, 0.25) is 11.8 Å². The summed E-state index contributed by atoms with van der Waals surface area (Å²) in [5, 5.41) is 5.40. The van der Waals surface area contributed by atoms with E-state index in [4.69, 9.17) is 0 Å². The summed E-state index contributed by atoms with van der Waals surface area (Å²) in [4.78, 5) is 11.3. The van der Waals surface area contributed by atoms with Crippen LogP contribution in [0.3, 0.4) is 0 Å². The summed E-state index contributed by atoms with van der Waals surface area (Å²) >= 11 is 0.222. The second-order valence-corrected chi connectivity index (χ2v) is 8.59. The third-order valence-corrected chi connectivity index (χ3v) is 5.69. The van der Waals surface area contributed by atoms with Crippen molar-refractivity contribution in [1.29, 1.82) is 0 Å². The first-order valence-electron chi connectivity index (χ1n) is 9.71. The summed E-state index contributed by atoms with van der Waals surface area (Å²) in [6.07, 6.45) is -11.7. The van der Waals surface area contributed by atoms with E-state index < -0.39 is 71.6 Å². The molecule has 2 rings (SSSR count). The van der Waals surface area contributed by atoms with Gasteiger partial charge in [0.1, 0.15) is 17.3 Å². The zero-order valence-electron chi connectivity index (χ0n) is 18.7. The number of thioether (sulfide) groups is 1. The minimum Gasteiger partial charge on any atom is -0.470 e. The molecule has 19 heteroatoms. The average molecular weight is 595 g/mol. The fourth-order valence-electron chi connectivity index (χ4n) is 2.67. The molecule has 0 fully saturated rings. The number of carbonyl (C=O) groups is 1. The van der Waals surface area contributed by atoms with Crippen LogP contribution in [0.1, 0.15) is 12.5 Å². The molecular formula is C19H14F13N3O2S. The number of amides is 1. The van der Waals surface area contributed by atoms with E-state index in [1.165, 1.54) is 6.92 Å². The van der Waals surface area contributed by atoms with Crippen molar-refractivity contribution in [3.05, 3.63) is 29.6 Å². The van der Waals surface area contributed by atoms with Crippen LogP contribution in [0.15, 0.2) is 23.1 Å². The summed E-state index contributed by atoms with van der Waals surface area (Å²) in [5.41, 5.74) is -0.669. The first-order chi connectivity index (χ1) is 17.0. The molecule has 1 aromatic carbocycles. The molecule has 0 radical (unpaired) electrons. The SMILES string of the molecule is CC(=O)Nc1cc(OCC(F)(F)C(F)(F)C(F)(F)C(F)(F)F)nn1-c1cc(SCC(F)(F)F)c(C)cc1F. The molecule has 214 valence electrons. The Hall–Kier alpha value is -2.86. The van der Waals surface area contributed by atoms with Crippen molar-refractivity contribution in [3.8, 4) is 11.6 Å². The van der Waals surface area contributed by atoms with E-state index in [0.717, 1.165) is 19.1 Å². The second-order valence-electron chi connectivity index (χ2n) is 7.57. The molecule has 0 spiro atoms. The lowest BCUT2D eigenvalue weighted by Gasteiger charge is -2.33. The smallest absolute Gasteiger partial charge is 0.460 e. The number of nitrogens with one attached hydrogen (secondary N) is 1. The number of aryl methyl sites for hydroxylation is 1. The maximum atomic E-state index is 14.6. The fourth-order valence-corrected chi connectivity index (χ4v) is 3.47. The van der Waals surface area contributed by atoms with Crippen LogP contribution in [0.5, 0.6) is 5.88 Å². The predicted molar refractivity (Wildman–Crippen MR) is 106 cm³/mol. The number of ether oxygens (including phenoxy) is 1. The molecule has 0 saturated heterocycles. The van der Waals surface area contributed by atoms with Gasteiger partial charge in [0.05, 0.1) is 5.75 Å². The number of carbonyl (C=O) groups excluding carboxylic acids is 1. The number of halogens is 13. The van der Waals surface area contributed by atoms with E-state index >= 15 is 0 Å².